The Morgan fingerprint density at radius 1 is 1.44 bits per heavy atom. The van der Waals surface area contributed by atoms with Gasteiger partial charge in [0.1, 0.15) is 6.04 Å². The minimum Gasteiger partial charge on any atom is -0.480 e. The number of urea groups is 1. The predicted octanol–water partition coefficient (Wildman–Crippen LogP) is -0.0803. The van der Waals surface area contributed by atoms with Crippen molar-refractivity contribution in [3.63, 3.8) is 0 Å². The van der Waals surface area contributed by atoms with Gasteiger partial charge in [0.2, 0.25) is 0 Å². The third kappa shape index (κ3) is 3.69. The summed E-state index contributed by atoms with van der Waals surface area (Å²) in [5.41, 5.74) is 0. The van der Waals surface area contributed by atoms with E-state index in [0.29, 0.717) is 5.92 Å². The first kappa shape index (κ1) is 12.8. The molecular formula is C10H18N2O4. The molecule has 16 heavy (non-hydrogen) atoms. The fraction of sp³-hybridized carbons (Fsp3) is 0.800. The van der Waals surface area contributed by atoms with Crippen molar-refractivity contribution in [1.29, 1.82) is 0 Å². The molecule has 0 heterocycles. The number of carbonyl (C=O) groups is 2. The molecule has 1 atom stereocenters. The SMILES string of the molecule is CC1CC(NC(=O)N[C@H](CCO)C(=O)O)C1. The molecule has 6 heteroatoms. The Labute approximate surface area is 94.0 Å². The van der Waals surface area contributed by atoms with Crippen molar-refractivity contribution in [3.05, 3.63) is 0 Å². The summed E-state index contributed by atoms with van der Waals surface area (Å²) in [5, 5.41) is 22.4. The van der Waals surface area contributed by atoms with Gasteiger partial charge in [0, 0.05) is 19.1 Å². The number of aliphatic hydroxyl groups excluding tert-OH is 1. The second-order valence-corrected chi connectivity index (χ2v) is 4.29. The fourth-order valence-corrected chi connectivity index (χ4v) is 1.79. The lowest BCUT2D eigenvalue weighted by Crippen LogP contribution is -2.52. The summed E-state index contributed by atoms with van der Waals surface area (Å²) >= 11 is 0. The van der Waals surface area contributed by atoms with Crippen LogP contribution in [0.25, 0.3) is 0 Å². The molecule has 4 N–H and O–H groups in total. The van der Waals surface area contributed by atoms with Crippen LogP contribution in [0.4, 0.5) is 4.79 Å². The Balaban J connectivity index is 2.28. The average Bonchev–Trinajstić information content (AvgIpc) is 2.14. The second kappa shape index (κ2) is 5.69. The van der Waals surface area contributed by atoms with Crippen LogP contribution in [0.1, 0.15) is 26.2 Å². The van der Waals surface area contributed by atoms with Gasteiger partial charge in [-0.1, -0.05) is 6.92 Å². The van der Waals surface area contributed by atoms with Gasteiger partial charge in [-0.25, -0.2) is 9.59 Å². The van der Waals surface area contributed by atoms with Crippen LogP contribution in [0.2, 0.25) is 0 Å². The second-order valence-electron chi connectivity index (χ2n) is 4.29. The quantitative estimate of drug-likeness (QED) is 0.531. The normalized spacial score (nSPS) is 25.4. The zero-order valence-electron chi connectivity index (χ0n) is 9.27. The van der Waals surface area contributed by atoms with E-state index in [2.05, 4.69) is 17.6 Å². The number of aliphatic carboxylic acids is 1. The third-order valence-corrected chi connectivity index (χ3v) is 2.73. The molecule has 0 saturated heterocycles. The minimum absolute atomic E-state index is 0.0177. The Morgan fingerprint density at radius 3 is 2.50 bits per heavy atom. The summed E-state index contributed by atoms with van der Waals surface area (Å²) in [7, 11) is 0. The monoisotopic (exact) mass is 230 g/mol. The number of carboxylic acids is 1. The smallest absolute Gasteiger partial charge is 0.326 e. The highest BCUT2D eigenvalue weighted by molar-refractivity contribution is 5.82. The van der Waals surface area contributed by atoms with Gasteiger partial charge in [0.05, 0.1) is 0 Å². The molecule has 0 radical (unpaired) electrons. The summed E-state index contributed by atoms with van der Waals surface area (Å²) in [5.74, 6) is -0.510. The van der Waals surface area contributed by atoms with E-state index in [9.17, 15) is 9.59 Å². The van der Waals surface area contributed by atoms with E-state index < -0.39 is 18.0 Å². The van der Waals surface area contributed by atoms with Gasteiger partial charge in [-0.05, 0) is 18.8 Å². The molecule has 2 amide bonds. The van der Waals surface area contributed by atoms with Crippen LogP contribution in [0.5, 0.6) is 0 Å². The number of carboxylic acid groups (broad SMARTS) is 1. The number of carbonyl (C=O) groups excluding carboxylic acids is 1. The van der Waals surface area contributed by atoms with Crippen LogP contribution >= 0.6 is 0 Å². The molecule has 1 aliphatic rings. The summed E-state index contributed by atoms with van der Waals surface area (Å²) in [6, 6.07) is -1.35. The molecule has 0 bridgehead atoms. The highest BCUT2D eigenvalue weighted by Gasteiger charge is 2.28. The first-order valence-corrected chi connectivity index (χ1v) is 5.43. The van der Waals surface area contributed by atoms with E-state index in [-0.39, 0.29) is 19.1 Å². The molecular weight excluding hydrogens is 212 g/mol. The largest absolute Gasteiger partial charge is 0.480 e. The summed E-state index contributed by atoms with van der Waals surface area (Å²) in [6.45, 7) is 1.83. The van der Waals surface area contributed by atoms with Gasteiger partial charge < -0.3 is 20.8 Å². The predicted molar refractivity (Wildman–Crippen MR) is 57.0 cm³/mol. The van der Waals surface area contributed by atoms with Gasteiger partial charge in [-0.2, -0.15) is 0 Å². The van der Waals surface area contributed by atoms with Crippen molar-refractivity contribution in [1.82, 2.24) is 10.6 Å². The Bertz CT molecular complexity index is 264. The molecule has 0 spiro atoms. The van der Waals surface area contributed by atoms with Crippen molar-refractivity contribution in [2.75, 3.05) is 6.61 Å². The number of hydrogen-bond donors (Lipinski definition) is 4. The van der Waals surface area contributed by atoms with E-state index in [1.165, 1.54) is 0 Å². The first-order chi connectivity index (χ1) is 7.52. The van der Waals surface area contributed by atoms with Gasteiger partial charge in [-0.3, -0.25) is 0 Å². The van der Waals surface area contributed by atoms with Crippen LogP contribution in [0.15, 0.2) is 0 Å². The van der Waals surface area contributed by atoms with E-state index >= 15 is 0 Å². The lowest BCUT2D eigenvalue weighted by Gasteiger charge is -2.33. The Kier molecular flexibility index (Phi) is 4.54. The summed E-state index contributed by atoms with van der Waals surface area (Å²) in [4.78, 5) is 22.1. The molecule has 6 nitrogen and oxygen atoms in total. The highest BCUT2D eigenvalue weighted by Crippen LogP contribution is 2.25. The molecule has 0 aliphatic heterocycles. The molecule has 0 aromatic heterocycles. The number of amides is 2. The maximum atomic E-state index is 11.4. The lowest BCUT2D eigenvalue weighted by molar-refractivity contribution is -0.139. The van der Waals surface area contributed by atoms with Gasteiger partial charge in [0.25, 0.3) is 0 Å². The summed E-state index contributed by atoms with van der Waals surface area (Å²) in [6.07, 6.45) is 1.89. The van der Waals surface area contributed by atoms with Crippen LogP contribution in [0.3, 0.4) is 0 Å². The van der Waals surface area contributed by atoms with Crippen molar-refractivity contribution in [3.8, 4) is 0 Å². The molecule has 0 unspecified atom stereocenters. The van der Waals surface area contributed by atoms with E-state index in [0.717, 1.165) is 12.8 Å². The molecule has 1 rings (SSSR count). The van der Waals surface area contributed by atoms with Crippen molar-refractivity contribution in [2.45, 2.75) is 38.3 Å². The highest BCUT2D eigenvalue weighted by atomic mass is 16.4. The maximum Gasteiger partial charge on any atom is 0.326 e. The third-order valence-electron chi connectivity index (χ3n) is 2.73. The topological polar surface area (TPSA) is 98.7 Å². The Hall–Kier alpha value is -1.30. The van der Waals surface area contributed by atoms with Crippen LogP contribution in [-0.2, 0) is 4.79 Å². The van der Waals surface area contributed by atoms with E-state index in [4.69, 9.17) is 10.2 Å². The zero-order valence-corrected chi connectivity index (χ0v) is 9.27. The maximum absolute atomic E-state index is 11.4. The van der Waals surface area contributed by atoms with Crippen molar-refractivity contribution >= 4 is 12.0 Å². The first-order valence-electron chi connectivity index (χ1n) is 5.43. The number of aliphatic hydroxyl groups is 1. The zero-order chi connectivity index (χ0) is 12.1. The summed E-state index contributed by atoms with van der Waals surface area (Å²) < 4.78 is 0. The van der Waals surface area contributed by atoms with Crippen molar-refractivity contribution in [2.24, 2.45) is 5.92 Å². The van der Waals surface area contributed by atoms with Gasteiger partial charge in [0.15, 0.2) is 0 Å². The molecule has 0 aromatic rings. The van der Waals surface area contributed by atoms with Gasteiger partial charge >= 0.3 is 12.0 Å². The van der Waals surface area contributed by atoms with Crippen LogP contribution in [0, 0.1) is 5.92 Å². The lowest BCUT2D eigenvalue weighted by atomic mass is 9.82. The van der Waals surface area contributed by atoms with E-state index in [1.807, 2.05) is 0 Å². The average molecular weight is 230 g/mol. The molecule has 1 aliphatic carbocycles. The number of hydrogen-bond acceptors (Lipinski definition) is 3. The molecule has 92 valence electrons. The number of nitrogens with one attached hydrogen (secondary N) is 2. The molecule has 0 aromatic carbocycles. The molecule has 1 fully saturated rings. The Morgan fingerprint density at radius 2 is 2.06 bits per heavy atom. The fourth-order valence-electron chi connectivity index (χ4n) is 1.79. The van der Waals surface area contributed by atoms with E-state index in [1.54, 1.807) is 0 Å². The standard InChI is InChI=1S/C10H18N2O4/c1-6-4-7(5-6)11-10(16)12-8(2-3-13)9(14)15/h6-8,13H,2-5H2,1H3,(H,14,15)(H2,11,12,16)/t6?,7?,8-/m1/s1. The number of rotatable bonds is 5. The minimum atomic E-state index is -1.13. The van der Waals surface area contributed by atoms with Gasteiger partial charge in [-0.15, -0.1) is 0 Å². The molecule has 1 saturated carbocycles. The van der Waals surface area contributed by atoms with Crippen molar-refractivity contribution < 1.29 is 19.8 Å². The van der Waals surface area contributed by atoms with Crippen LogP contribution < -0.4 is 10.6 Å². The van der Waals surface area contributed by atoms with Crippen LogP contribution in [-0.4, -0.2) is 40.9 Å².